The van der Waals surface area contributed by atoms with Gasteiger partial charge in [0.25, 0.3) is 0 Å². The Morgan fingerprint density at radius 2 is 1.02 bits per heavy atom. The maximum Gasteiger partial charge on any atom is 0.143 e. The third-order valence-corrected chi connectivity index (χ3v) is 13.5. The van der Waals surface area contributed by atoms with Crippen molar-refractivity contribution >= 4 is 65.3 Å². The van der Waals surface area contributed by atoms with Gasteiger partial charge in [0.1, 0.15) is 11.2 Å². The van der Waals surface area contributed by atoms with Crippen molar-refractivity contribution in [1.82, 2.24) is 9.97 Å². The summed E-state index contributed by atoms with van der Waals surface area (Å²) in [7, 11) is 0. The highest BCUT2D eigenvalue weighted by molar-refractivity contribution is 6.23. The predicted molar refractivity (Wildman–Crippen MR) is 259 cm³/mol. The van der Waals surface area contributed by atoms with Gasteiger partial charge in [0.15, 0.2) is 0 Å². The minimum atomic E-state index is -0.0544. The van der Waals surface area contributed by atoms with Crippen LogP contribution in [0.15, 0.2) is 199 Å². The van der Waals surface area contributed by atoms with Gasteiger partial charge in [-0.1, -0.05) is 166 Å². The summed E-state index contributed by atoms with van der Waals surface area (Å²) in [6.45, 7) is 4.68. The Kier molecular flexibility index (Phi) is 7.36. The molecule has 0 unspecified atom stereocenters. The lowest BCUT2D eigenvalue weighted by Crippen LogP contribution is -2.14. The topological polar surface area (TPSA) is 38.9 Å². The van der Waals surface area contributed by atoms with E-state index in [0.717, 1.165) is 82.8 Å². The summed E-state index contributed by atoms with van der Waals surface area (Å²) in [5.41, 5.74) is 17.6. The van der Waals surface area contributed by atoms with E-state index in [-0.39, 0.29) is 5.41 Å². The largest absolute Gasteiger partial charge is 0.455 e. The fourth-order valence-electron chi connectivity index (χ4n) is 10.4. The molecule has 1 aliphatic rings. The predicted octanol–water partition coefficient (Wildman–Crippen LogP) is 16.0. The molecule has 10 aromatic carbocycles. The van der Waals surface area contributed by atoms with Crippen LogP contribution in [0.5, 0.6) is 0 Å². The number of fused-ring (bicyclic) bond motifs is 14. The van der Waals surface area contributed by atoms with Crippen molar-refractivity contribution in [3.05, 3.63) is 205 Å². The van der Waals surface area contributed by atoms with Crippen molar-refractivity contribution in [3.8, 4) is 55.8 Å². The third kappa shape index (κ3) is 5.12. The zero-order valence-corrected chi connectivity index (χ0v) is 34.3. The summed E-state index contributed by atoms with van der Waals surface area (Å²) >= 11 is 0. The van der Waals surface area contributed by atoms with Crippen LogP contribution in [-0.2, 0) is 5.41 Å². The number of hydrogen-bond donors (Lipinski definition) is 0. The minimum absolute atomic E-state index is 0.0544. The Labute approximate surface area is 358 Å². The fraction of sp³-hybridized carbons (Fsp3) is 0.0508. The van der Waals surface area contributed by atoms with Crippen LogP contribution in [0.1, 0.15) is 25.0 Å². The standard InChI is InChI=1S/C59H38N2O/c1-59(2)51-24-10-9-21-45(51)49-31-38(25-27-52(49)59)41-32-48(58-50(33-41)55-42-18-4-3-13-35(42)26-28-54(55)62-58)39-16-11-14-36(29-39)37-15-12-17-40(30-37)53-34-60-56-46-22-7-5-19-43(46)44-20-6-8-23-47(44)57(56)61-53/h3-34H,1-2H3. The first kappa shape index (κ1) is 34.9. The first-order valence-electron chi connectivity index (χ1n) is 21.4. The summed E-state index contributed by atoms with van der Waals surface area (Å²) in [6.07, 6.45) is 1.92. The molecule has 0 saturated carbocycles. The highest BCUT2D eigenvalue weighted by Crippen LogP contribution is 2.50. The monoisotopic (exact) mass is 790 g/mol. The highest BCUT2D eigenvalue weighted by atomic mass is 16.3. The molecule has 2 heterocycles. The summed E-state index contributed by atoms with van der Waals surface area (Å²) in [5.74, 6) is 0. The molecule has 12 aromatic rings. The number of nitrogens with zero attached hydrogens (tertiary/aromatic N) is 2. The van der Waals surface area contributed by atoms with Gasteiger partial charge in [0, 0.05) is 38.1 Å². The van der Waals surface area contributed by atoms with Gasteiger partial charge in [-0.3, -0.25) is 4.98 Å². The van der Waals surface area contributed by atoms with Gasteiger partial charge in [0.2, 0.25) is 0 Å². The second-order valence-corrected chi connectivity index (χ2v) is 17.3. The molecule has 62 heavy (non-hydrogen) atoms. The Bertz CT molecular complexity index is 3820. The molecular weight excluding hydrogens is 753 g/mol. The Hall–Kier alpha value is -7.88. The summed E-state index contributed by atoms with van der Waals surface area (Å²) in [6, 6.07) is 68.1. The van der Waals surface area contributed by atoms with Gasteiger partial charge in [-0.2, -0.15) is 0 Å². The zero-order valence-electron chi connectivity index (χ0n) is 34.3. The van der Waals surface area contributed by atoms with E-state index in [1.54, 1.807) is 0 Å². The molecule has 290 valence electrons. The number of hydrogen-bond acceptors (Lipinski definition) is 3. The van der Waals surface area contributed by atoms with Crippen molar-refractivity contribution in [2.24, 2.45) is 0 Å². The van der Waals surface area contributed by atoms with E-state index in [4.69, 9.17) is 14.4 Å². The molecule has 0 amide bonds. The van der Waals surface area contributed by atoms with Crippen LogP contribution in [0.25, 0.3) is 121 Å². The van der Waals surface area contributed by atoms with Gasteiger partial charge < -0.3 is 4.42 Å². The molecule has 13 rings (SSSR count). The average Bonchev–Trinajstić information content (AvgIpc) is 3.83. The number of rotatable bonds is 4. The molecule has 0 radical (unpaired) electrons. The normalized spacial score (nSPS) is 13.1. The van der Waals surface area contributed by atoms with Gasteiger partial charge >= 0.3 is 0 Å². The minimum Gasteiger partial charge on any atom is -0.455 e. The summed E-state index contributed by atoms with van der Waals surface area (Å²) in [4.78, 5) is 10.4. The maximum absolute atomic E-state index is 6.88. The smallest absolute Gasteiger partial charge is 0.143 e. The Balaban J connectivity index is 0.972. The maximum atomic E-state index is 6.88. The molecule has 0 N–H and O–H groups in total. The molecule has 0 spiro atoms. The van der Waals surface area contributed by atoms with E-state index in [0.29, 0.717) is 0 Å². The zero-order chi connectivity index (χ0) is 41.1. The van der Waals surface area contributed by atoms with Crippen LogP contribution in [0.4, 0.5) is 0 Å². The van der Waals surface area contributed by atoms with Gasteiger partial charge in [-0.25, -0.2) is 4.98 Å². The molecule has 0 aliphatic heterocycles. The van der Waals surface area contributed by atoms with E-state index in [1.807, 2.05) is 6.20 Å². The Morgan fingerprint density at radius 1 is 0.403 bits per heavy atom. The first-order valence-corrected chi connectivity index (χ1v) is 21.4. The molecular formula is C59H38N2O. The third-order valence-electron chi connectivity index (χ3n) is 13.5. The van der Waals surface area contributed by atoms with Crippen molar-refractivity contribution in [2.75, 3.05) is 0 Å². The highest BCUT2D eigenvalue weighted by Gasteiger charge is 2.35. The van der Waals surface area contributed by atoms with E-state index >= 15 is 0 Å². The van der Waals surface area contributed by atoms with Crippen LogP contribution in [0.2, 0.25) is 0 Å². The molecule has 0 fully saturated rings. The summed E-state index contributed by atoms with van der Waals surface area (Å²) in [5, 5.41) is 9.27. The van der Waals surface area contributed by atoms with Crippen LogP contribution in [0.3, 0.4) is 0 Å². The number of aromatic nitrogens is 2. The number of furan rings is 1. The first-order chi connectivity index (χ1) is 30.5. The van der Waals surface area contributed by atoms with E-state index < -0.39 is 0 Å². The molecule has 2 aromatic heterocycles. The molecule has 3 nitrogen and oxygen atoms in total. The van der Waals surface area contributed by atoms with E-state index in [2.05, 4.69) is 202 Å². The molecule has 3 heteroatoms. The molecule has 1 aliphatic carbocycles. The van der Waals surface area contributed by atoms with E-state index in [1.165, 1.54) is 49.4 Å². The number of benzene rings is 10. The van der Waals surface area contributed by atoms with Crippen molar-refractivity contribution in [1.29, 1.82) is 0 Å². The van der Waals surface area contributed by atoms with Crippen LogP contribution in [-0.4, -0.2) is 9.97 Å². The quantitative estimate of drug-likeness (QED) is 0.167. The lowest BCUT2D eigenvalue weighted by molar-refractivity contribution is 0.660. The molecule has 0 saturated heterocycles. The average molecular weight is 791 g/mol. The SMILES string of the molecule is CC1(C)c2ccccc2-c2cc(-c3cc(-c4cccc(-c5cccc(-c6cnc7c8ccccc8c8ccccc8c7n6)c5)c4)c4oc5ccc6ccccc6c5c4c3)ccc21. The molecule has 0 atom stereocenters. The second-order valence-electron chi connectivity index (χ2n) is 17.3. The van der Waals surface area contributed by atoms with Gasteiger partial charge in [0.05, 0.1) is 22.9 Å². The van der Waals surface area contributed by atoms with Gasteiger partial charge in [-0.15, -0.1) is 0 Å². The van der Waals surface area contributed by atoms with Crippen molar-refractivity contribution in [3.63, 3.8) is 0 Å². The second kappa shape index (κ2) is 13.1. The van der Waals surface area contributed by atoms with Crippen molar-refractivity contribution in [2.45, 2.75) is 19.3 Å². The van der Waals surface area contributed by atoms with Crippen LogP contribution in [0, 0.1) is 0 Å². The van der Waals surface area contributed by atoms with Crippen molar-refractivity contribution < 1.29 is 4.42 Å². The Morgan fingerprint density at radius 3 is 1.82 bits per heavy atom. The summed E-state index contributed by atoms with van der Waals surface area (Å²) < 4.78 is 6.88. The van der Waals surface area contributed by atoms with Crippen LogP contribution < -0.4 is 0 Å². The fourth-order valence-corrected chi connectivity index (χ4v) is 10.4. The lowest BCUT2D eigenvalue weighted by Gasteiger charge is -2.21. The lowest BCUT2D eigenvalue weighted by atomic mass is 9.82. The van der Waals surface area contributed by atoms with Gasteiger partial charge in [-0.05, 0) is 108 Å². The van der Waals surface area contributed by atoms with Crippen LogP contribution >= 0.6 is 0 Å². The molecule has 0 bridgehead atoms. The van der Waals surface area contributed by atoms with E-state index in [9.17, 15) is 0 Å².